The lowest BCUT2D eigenvalue weighted by molar-refractivity contribution is -0.385. The van der Waals surface area contributed by atoms with Crippen molar-refractivity contribution in [1.29, 1.82) is 0 Å². The van der Waals surface area contributed by atoms with Crippen molar-refractivity contribution in [2.24, 2.45) is 0 Å². The number of methoxy groups -OCH3 is 1. The summed E-state index contributed by atoms with van der Waals surface area (Å²) in [5, 5.41) is 20.7. The van der Waals surface area contributed by atoms with Gasteiger partial charge in [-0.3, -0.25) is 14.9 Å². The summed E-state index contributed by atoms with van der Waals surface area (Å²) < 4.78 is 9.28. The normalized spacial score (nSPS) is 10.9. The molecule has 0 aromatic heterocycles. The molecule has 8 nitrogen and oxygen atoms in total. The number of aliphatic hydroxyl groups excluding tert-OH is 1. The molecule has 0 aliphatic carbocycles. The topological polar surface area (TPSA) is 116 Å². The summed E-state index contributed by atoms with van der Waals surface area (Å²) in [6.45, 7) is 1.91. The first kappa shape index (κ1) is 16.2. The molecule has 0 heterocycles. The van der Waals surface area contributed by atoms with Gasteiger partial charge in [-0.15, -0.1) is 0 Å². The largest absolute Gasteiger partial charge is 0.507 e. The molecule has 0 atom stereocenters. The van der Waals surface area contributed by atoms with E-state index in [0.717, 1.165) is 13.2 Å². The zero-order valence-corrected chi connectivity index (χ0v) is 11.4. The standard InChI is InChI=1S/C13H13NO7/c1-3-21-12-5-4-8(6-9(12)14(18)19)10(15)7-11(16)13(17)20-2/h4-7,15H,3H2,1-2H3. The van der Waals surface area contributed by atoms with Gasteiger partial charge in [0.1, 0.15) is 5.76 Å². The van der Waals surface area contributed by atoms with Crippen LogP contribution in [0.25, 0.3) is 5.76 Å². The molecule has 0 saturated heterocycles. The summed E-state index contributed by atoms with van der Waals surface area (Å²) >= 11 is 0. The van der Waals surface area contributed by atoms with Crippen LogP contribution in [0.3, 0.4) is 0 Å². The van der Waals surface area contributed by atoms with E-state index in [2.05, 4.69) is 4.74 Å². The van der Waals surface area contributed by atoms with E-state index in [1.807, 2.05) is 0 Å². The van der Waals surface area contributed by atoms with E-state index in [1.54, 1.807) is 6.92 Å². The van der Waals surface area contributed by atoms with Gasteiger partial charge in [0, 0.05) is 17.7 Å². The summed E-state index contributed by atoms with van der Waals surface area (Å²) in [5.74, 6) is -2.77. The number of esters is 1. The number of carbonyl (C=O) groups is 2. The molecule has 0 saturated carbocycles. The van der Waals surface area contributed by atoms with Crippen molar-refractivity contribution in [3.8, 4) is 5.75 Å². The maximum absolute atomic E-state index is 11.3. The average molecular weight is 295 g/mol. The second kappa shape index (κ2) is 7.04. The van der Waals surface area contributed by atoms with Crippen LogP contribution in [0.15, 0.2) is 24.3 Å². The molecule has 112 valence electrons. The molecule has 0 unspecified atom stereocenters. The number of hydrogen-bond donors (Lipinski definition) is 1. The molecule has 0 radical (unpaired) electrons. The number of nitrogens with zero attached hydrogens (tertiary/aromatic N) is 1. The van der Waals surface area contributed by atoms with Crippen molar-refractivity contribution in [2.45, 2.75) is 6.92 Å². The number of ketones is 1. The predicted octanol–water partition coefficient (Wildman–Crippen LogP) is 1.63. The Kier molecular flexibility index (Phi) is 5.41. The van der Waals surface area contributed by atoms with Crippen molar-refractivity contribution in [3.05, 3.63) is 40.0 Å². The Morgan fingerprint density at radius 1 is 1.43 bits per heavy atom. The van der Waals surface area contributed by atoms with Crippen LogP contribution in [0, 0.1) is 10.1 Å². The fourth-order valence-electron chi connectivity index (χ4n) is 1.46. The molecule has 1 N–H and O–H groups in total. The van der Waals surface area contributed by atoms with Gasteiger partial charge in [0.25, 0.3) is 5.78 Å². The third kappa shape index (κ3) is 4.03. The van der Waals surface area contributed by atoms with Crippen LogP contribution >= 0.6 is 0 Å². The lowest BCUT2D eigenvalue weighted by Gasteiger charge is -2.06. The highest BCUT2D eigenvalue weighted by atomic mass is 16.6. The first-order valence-electron chi connectivity index (χ1n) is 5.85. The minimum Gasteiger partial charge on any atom is -0.507 e. The summed E-state index contributed by atoms with van der Waals surface area (Å²) in [5.41, 5.74) is -0.359. The summed E-state index contributed by atoms with van der Waals surface area (Å²) in [7, 11) is 1.02. The lowest BCUT2D eigenvalue weighted by Crippen LogP contribution is -2.13. The molecule has 0 spiro atoms. The Balaban J connectivity index is 3.17. The van der Waals surface area contributed by atoms with Crippen LogP contribution < -0.4 is 4.74 Å². The van der Waals surface area contributed by atoms with Gasteiger partial charge in [-0.25, -0.2) is 4.79 Å². The average Bonchev–Trinajstić information content (AvgIpc) is 2.46. The molecule has 8 heteroatoms. The maximum atomic E-state index is 11.3. The van der Waals surface area contributed by atoms with Gasteiger partial charge in [-0.2, -0.15) is 0 Å². The number of ether oxygens (including phenoxy) is 2. The smallest absolute Gasteiger partial charge is 0.378 e. The number of hydrogen-bond acceptors (Lipinski definition) is 7. The summed E-state index contributed by atoms with van der Waals surface area (Å²) in [6, 6.07) is 3.67. The number of rotatable bonds is 6. The highest BCUT2D eigenvalue weighted by molar-refractivity contribution is 6.39. The van der Waals surface area contributed by atoms with E-state index in [9.17, 15) is 24.8 Å². The summed E-state index contributed by atoms with van der Waals surface area (Å²) in [4.78, 5) is 32.5. The van der Waals surface area contributed by atoms with Crippen LogP contribution in [0.2, 0.25) is 0 Å². The van der Waals surface area contributed by atoms with Crippen LogP contribution in [0.4, 0.5) is 5.69 Å². The number of aliphatic hydroxyl groups is 1. The van der Waals surface area contributed by atoms with E-state index in [0.29, 0.717) is 6.08 Å². The molecule has 0 bridgehead atoms. The fraction of sp³-hybridized carbons (Fsp3) is 0.231. The van der Waals surface area contributed by atoms with E-state index in [1.165, 1.54) is 12.1 Å². The number of carbonyl (C=O) groups excluding carboxylic acids is 2. The van der Waals surface area contributed by atoms with Crippen LogP contribution in [-0.4, -0.2) is 35.5 Å². The molecule has 1 rings (SSSR count). The third-order valence-electron chi connectivity index (χ3n) is 2.41. The van der Waals surface area contributed by atoms with Gasteiger partial charge in [-0.05, 0) is 19.1 Å². The van der Waals surface area contributed by atoms with Crippen molar-refractivity contribution < 1.29 is 29.1 Å². The minimum absolute atomic E-state index is 0.00223. The van der Waals surface area contributed by atoms with Crippen LogP contribution in [0.1, 0.15) is 12.5 Å². The Labute approximate surface area is 119 Å². The van der Waals surface area contributed by atoms with Gasteiger partial charge < -0.3 is 14.6 Å². The van der Waals surface area contributed by atoms with Gasteiger partial charge in [0.2, 0.25) is 0 Å². The Hall–Kier alpha value is -2.90. The van der Waals surface area contributed by atoms with Crippen molar-refractivity contribution >= 4 is 23.2 Å². The highest BCUT2D eigenvalue weighted by Crippen LogP contribution is 2.29. The van der Waals surface area contributed by atoms with Crippen molar-refractivity contribution in [3.63, 3.8) is 0 Å². The minimum atomic E-state index is -1.15. The number of nitro groups is 1. The third-order valence-corrected chi connectivity index (χ3v) is 2.41. The monoisotopic (exact) mass is 295 g/mol. The molecule has 0 aliphatic heterocycles. The quantitative estimate of drug-likeness (QED) is 0.212. The van der Waals surface area contributed by atoms with Gasteiger partial charge in [0.15, 0.2) is 5.75 Å². The van der Waals surface area contributed by atoms with Crippen LogP contribution in [-0.2, 0) is 14.3 Å². The Morgan fingerprint density at radius 3 is 2.62 bits per heavy atom. The van der Waals surface area contributed by atoms with Crippen molar-refractivity contribution in [2.75, 3.05) is 13.7 Å². The van der Waals surface area contributed by atoms with E-state index in [-0.39, 0.29) is 23.6 Å². The highest BCUT2D eigenvalue weighted by Gasteiger charge is 2.18. The molecular formula is C13H13NO7. The molecule has 0 aliphatic rings. The van der Waals surface area contributed by atoms with E-state index < -0.39 is 22.4 Å². The lowest BCUT2D eigenvalue weighted by atomic mass is 10.1. The zero-order valence-electron chi connectivity index (χ0n) is 11.4. The predicted molar refractivity (Wildman–Crippen MR) is 71.9 cm³/mol. The van der Waals surface area contributed by atoms with E-state index in [4.69, 9.17) is 4.74 Å². The van der Waals surface area contributed by atoms with Gasteiger partial charge in [-0.1, -0.05) is 0 Å². The Morgan fingerprint density at radius 2 is 2.10 bits per heavy atom. The van der Waals surface area contributed by atoms with E-state index >= 15 is 0 Å². The molecular weight excluding hydrogens is 282 g/mol. The second-order valence-electron chi connectivity index (χ2n) is 3.76. The van der Waals surface area contributed by atoms with Gasteiger partial charge in [0.05, 0.1) is 18.6 Å². The molecule has 21 heavy (non-hydrogen) atoms. The van der Waals surface area contributed by atoms with Gasteiger partial charge >= 0.3 is 11.7 Å². The molecule has 1 aromatic rings. The molecule has 0 fully saturated rings. The first-order chi connectivity index (χ1) is 9.90. The fourth-order valence-corrected chi connectivity index (χ4v) is 1.46. The number of nitro benzene ring substituents is 1. The Bertz CT molecular complexity index is 607. The molecule has 0 amide bonds. The maximum Gasteiger partial charge on any atom is 0.378 e. The first-order valence-corrected chi connectivity index (χ1v) is 5.85. The SMILES string of the molecule is CCOc1ccc(C(O)=CC(=O)C(=O)OC)cc1[N+](=O)[O-]. The van der Waals surface area contributed by atoms with Crippen molar-refractivity contribution in [1.82, 2.24) is 0 Å². The summed E-state index contributed by atoms with van der Waals surface area (Å²) in [6.07, 6.45) is 0.630. The molecule has 1 aromatic carbocycles. The zero-order chi connectivity index (χ0) is 16.0. The van der Waals surface area contributed by atoms with Crippen LogP contribution in [0.5, 0.6) is 5.75 Å². The number of benzene rings is 1. The second-order valence-corrected chi connectivity index (χ2v) is 3.76.